The van der Waals surface area contributed by atoms with E-state index in [0.717, 1.165) is 11.3 Å². The summed E-state index contributed by atoms with van der Waals surface area (Å²) in [5, 5.41) is 17.3. The first kappa shape index (κ1) is 7.56. The van der Waals surface area contributed by atoms with E-state index in [1.165, 1.54) is 6.07 Å². The fourth-order valence-corrected chi connectivity index (χ4v) is 1.72. The minimum absolute atomic E-state index is 0.0256. The minimum atomic E-state index is -1.02. The average molecular weight is 223 g/mol. The van der Waals surface area contributed by atoms with Crippen molar-refractivity contribution >= 4 is 33.2 Å². The van der Waals surface area contributed by atoms with Crippen LogP contribution in [0.2, 0.25) is 0 Å². The summed E-state index contributed by atoms with van der Waals surface area (Å²) in [5.74, 6) is -1.05. The van der Waals surface area contributed by atoms with Crippen LogP contribution in [0.4, 0.5) is 0 Å². The van der Waals surface area contributed by atoms with Gasteiger partial charge in [-0.1, -0.05) is 0 Å². The monoisotopic (exact) mass is 222 g/mol. The van der Waals surface area contributed by atoms with Crippen LogP contribution in [0, 0.1) is 0 Å². The zero-order valence-corrected chi connectivity index (χ0v) is 7.07. The number of thiophene rings is 1. The number of hydrogen-bond acceptors (Lipinski definition) is 3. The second kappa shape index (κ2) is 2.59. The summed E-state index contributed by atoms with van der Waals surface area (Å²) in [7, 11) is 0. The minimum Gasteiger partial charge on any atom is -0.506 e. The second-order valence-corrected chi connectivity index (χ2v) is 3.94. The van der Waals surface area contributed by atoms with Gasteiger partial charge in [0.25, 0.3) is 0 Å². The van der Waals surface area contributed by atoms with E-state index in [0.29, 0.717) is 3.79 Å². The lowest BCUT2D eigenvalue weighted by atomic mass is 10.5. The third-order valence-electron chi connectivity index (χ3n) is 0.880. The van der Waals surface area contributed by atoms with Crippen molar-refractivity contribution in [1.29, 1.82) is 0 Å². The lowest BCUT2D eigenvalue weighted by Crippen LogP contribution is -1.89. The molecule has 5 heteroatoms. The molecule has 2 N–H and O–H groups in total. The molecule has 1 rings (SSSR count). The van der Waals surface area contributed by atoms with Gasteiger partial charge in [-0.2, -0.15) is 0 Å². The smallest absolute Gasteiger partial charge is 0.346 e. The van der Waals surface area contributed by atoms with Crippen LogP contribution in [0.3, 0.4) is 0 Å². The number of aromatic carboxylic acids is 1. The molecule has 0 fully saturated rings. The molecule has 0 saturated heterocycles. The molecule has 0 bridgehead atoms. The van der Waals surface area contributed by atoms with Crippen molar-refractivity contribution in [1.82, 2.24) is 0 Å². The van der Waals surface area contributed by atoms with E-state index in [2.05, 4.69) is 15.9 Å². The number of carboxylic acids is 1. The Hall–Kier alpha value is -0.550. The third kappa shape index (κ3) is 1.30. The highest BCUT2D eigenvalue weighted by molar-refractivity contribution is 9.11. The Labute approximate surface area is 69.1 Å². The number of hydrogen-bond donors (Lipinski definition) is 2. The van der Waals surface area contributed by atoms with Gasteiger partial charge in [-0.05, 0) is 15.9 Å². The summed E-state index contributed by atoms with van der Waals surface area (Å²) in [5.41, 5.74) is 0. The molecular weight excluding hydrogens is 220 g/mol. The van der Waals surface area contributed by atoms with Gasteiger partial charge in [-0.25, -0.2) is 4.79 Å². The van der Waals surface area contributed by atoms with Crippen molar-refractivity contribution in [2.75, 3.05) is 0 Å². The Morgan fingerprint density at radius 2 is 2.30 bits per heavy atom. The maximum absolute atomic E-state index is 10.2. The first-order valence-electron chi connectivity index (χ1n) is 2.33. The third-order valence-corrected chi connectivity index (χ3v) is 2.67. The summed E-state index contributed by atoms with van der Waals surface area (Å²) in [4.78, 5) is 10.4. The van der Waals surface area contributed by atoms with Crippen LogP contribution in [0.5, 0.6) is 5.75 Å². The Morgan fingerprint density at radius 3 is 2.50 bits per heavy atom. The lowest BCUT2D eigenvalue weighted by molar-refractivity contribution is 0.0702. The van der Waals surface area contributed by atoms with Gasteiger partial charge >= 0.3 is 5.97 Å². The quantitative estimate of drug-likeness (QED) is 0.764. The number of carboxylic acid groups (broad SMARTS) is 1. The summed E-state index contributed by atoms with van der Waals surface area (Å²) < 4.78 is 0.449. The maximum atomic E-state index is 10.2. The van der Waals surface area contributed by atoms with Crippen LogP contribution in [0.15, 0.2) is 9.85 Å². The van der Waals surface area contributed by atoms with Gasteiger partial charge in [0.05, 0.1) is 0 Å². The molecule has 0 aliphatic heterocycles. The van der Waals surface area contributed by atoms with E-state index in [1.54, 1.807) is 0 Å². The van der Waals surface area contributed by atoms with Gasteiger partial charge in [0, 0.05) is 6.07 Å². The van der Waals surface area contributed by atoms with Gasteiger partial charge in [-0.15, -0.1) is 11.3 Å². The van der Waals surface area contributed by atoms with Crippen LogP contribution >= 0.6 is 27.3 Å². The molecule has 0 unspecified atom stereocenters. The zero-order valence-electron chi connectivity index (χ0n) is 4.67. The Bertz CT molecular complexity index is 248. The molecule has 0 aromatic carbocycles. The SMILES string of the molecule is O=C(O)c1cc(O)c(Br)s1. The number of aromatic hydroxyl groups is 1. The largest absolute Gasteiger partial charge is 0.506 e. The predicted octanol–water partition coefficient (Wildman–Crippen LogP) is 1.91. The van der Waals surface area contributed by atoms with Crippen LogP contribution in [0.1, 0.15) is 9.67 Å². The second-order valence-electron chi connectivity index (χ2n) is 1.57. The standard InChI is InChI=1S/C5H3BrO3S/c6-4-2(7)1-3(10-4)5(8)9/h1,7H,(H,8,9). The van der Waals surface area contributed by atoms with E-state index in [-0.39, 0.29) is 10.6 Å². The summed E-state index contributed by atoms with van der Waals surface area (Å²) >= 11 is 3.98. The number of halogens is 1. The molecule has 54 valence electrons. The van der Waals surface area contributed by atoms with Crippen molar-refractivity contribution < 1.29 is 15.0 Å². The van der Waals surface area contributed by atoms with Crippen LogP contribution in [-0.4, -0.2) is 16.2 Å². The summed E-state index contributed by atoms with van der Waals surface area (Å²) in [6.07, 6.45) is 0. The molecule has 0 aliphatic carbocycles. The molecule has 0 atom stereocenters. The average Bonchev–Trinajstić information content (AvgIpc) is 2.13. The van der Waals surface area contributed by atoms with Crippen molar-refractivity contribution in [3.8, 4) is 5.75 Å². The molecule has 10 heavy (non-hydrogen) atoms. The fraction of sp³-hybridized carbons (Fsp3) is 0. The van der Waals surface area contributed by atoms with E-state index in [9.17, 15) is 4.79 Å². The molecule has 0 amide bonds. The molecule has 0 aliphatic rings. The van der Waals surface area contributed by atoms with Gasteiger partial charge in [0.2, 0.25) is 0 Å². The highest BCUT2D eigenvalue weighted by atomic mass is 79.9. The van der Waals surface area contributed by atoms with Crippen molar-refractivity contribution in [3.63, 3.8) is 0 Å². The number of carbonyl (C=O) groups is 1. The van der Waals surface area contributed by atoms with Gasteiger partial charge in [0.15, 0.2) is 0 Å². The Kier molecular flexibility index (Phi) is 1.96. The molecule has 3 nitrogen and oxygen atoms in total. The molecule has 1 heterocycles. The van der Waals surface area contributed by atoms with E-state index >= 15 is 0 Å². The Morgan fingerprint density at radius 1 is 1.70 bits per heavy atom. The summed E-state index contributed by atoms with van der Waals surface area (Å²) in [6, 6.07) is 1.21. The van der Waals surface area contributed by atoms with Crippen LogP contribution in [-0.2, 0) is 0 Å². The highest BCUT2D eigenvalue weighted by Crippen LogP contribution is 2.33. The van der Waals surface area contributed by atoms with Crippen molar-refractivity contribution in [2.24, 2.45) is 0 Å². The molecule has 1 aromatic heterocycles. The van der Waals surface area contributed by atoms with Crippen LogP contribution in [0.25, 0.3) is 0 Å². The first-order valence-corrected chi connectivity index (χ1v) is 3.94. The molecule has 1 aromatic rings. The predicted molar refractivity (Wildman–Crippen MR) is 40.6 cm³/mol. The van der Waals surface area contributed by atoms with Gasteiger partial charge in [0.1, 0.15) is 14.4 Å². The lowest BCUT2D eigenvalue weighted by Gasteiger charge is -1.79. The zero-order chi connectivity index (χ0) is 7.72. The normalized spacial score (nSPS) is 9.70. The topological polar surface area (TPSA) is 57.5 Å². The first-order chi connectivity index (χ1) is 4.61. The Balaban J connectivity index is 3.10. The van der Waals surface area contributed by atoms with E-state index in [4.69, 9.17) is 10.2 Å². The van der Waals surface area contributed by atoms with E-state index < -0.39 is 5.97 Å². The van der Waals surface area contributed by atoms with Gasteiger partial charge in [-0.3, -0.25) is 0 Å². The molecule has 0 radical (unpaired) electrons. The van der Waals surface area contributed by atoms with Crippen molar-refractivity contribution in [3.05, 3.63) is 14.7 Å². The van der Waals surface area contributed by atoms with Crippen LogP contribution < -0.4 is 0 Å². The van der Waals surface area contributed by atoms with Gasteiger partial charge < -0.3 is 10.2 Å². The van der Waals surface area contributed by atoms with Crippen molar-refractivity contribution in [2.45, 2.75) is 0 Å². The van der Waals surface area contributed by atoms with E-state index in [1.807, 2.05) is 0 Å². The molecular formula is C5H3BrO3S. The fourth-order valence-electron chi connectivity index (χ4n) is 0.465. The maximum Gasteiger partial charge on any atom is 0.346 e. The highest BCUT2D eigenvalue weighted by Gasteiger charge is 2.10. The molecule has 0 spiro atoms. The summed E-state index contributed by atoms with van der Waals surface area (Å²) in [6.45, 7) is 0. The molecule has 0 saturated carbocycles. The number of rotatable bonds is 1.